The van der Waals surface area contributed by atoms with E-state index in [-0.39, 0.29) is 15.4 Å². The zero-order chi connectivity index (χ0) is 22.1. The lowest BCUT2D eigenvalue weighted by molar-refractivity contribution is -0.134. The second-order valence-electron chi connectivity index (χ2n) is 6.64. The molecule has 1 aliphatic heterocycles. The summed E-state index contributed by atoms with van der Waals surface area (Å²) in [5.74, 6) is -2.93. The molecule has 1 N–H and O–H groups in total. The largest absolute Gasteiger partial charge is 0.473 e. The van der Waals surface area contributed by atoms with E-state index >= 15 is 0 Å². The number of aliphatic imine (C=N–C) groups is 1. The molecule has 0 bridgehead atoms. The van der Waals surface area contributed by atoms with Crippen LogP contribution in [-0.4, -0.2) is 37.0 Å². The summed E-state index contributed by atoms with van der Waals surface area (Å²) < 4.78 is 55.9. The van der Waals surface area contributed by atoms with Crippen LogP contribution >= 0.6 is 23.4 Å². The van der Waals surface area contributed by atoms with E-state index in [4.69, 9.17) is 16.3 Å². The Labute approximate surface area is 181 Å². The number of benzene rings is 2. The van der Waals surface area contributed by atoms with Crippen molar-refractivity contribution in [3.05, 3.63) is 59.7 Å². The first-order chi connectivity index (χ1) is 14.0. The van der Waals surface area contributed by atoms with Gasteiger partial charge in [-0.1, -0.05) is 23.9 Å². The Kier molecular flexibility index (Phi) is 6.40. The number of carbonyl (C=O) groups excluding carboxylic acids is 1. The number of hydrogen-bond acceptors (Lipinski definition) is 6. The summed E-state index contributed by atoms with van der Waals surface area (Å²) in [5.41, 5.74) is -1.42. The van der Waals surface area contributed by atoms with Crippen LogP contribution in [0.1, 0.15) is 12.5 Å². The maximum atomic E-state index is 13.7. The molecule has 11 heteroatoms. The minimum atomic E-state index is -3.45. The average molecular weight is 475 g/mol. The third-order valence-corrected chi connectivity index (χ3v) is 6.71. The molecule has 1 aliphatic rings. The number of amidine groups is 1. The van der Waals surface area contributed by atoms with Gasteiger partial charge in [-0.15, -0.1) is 11.6 Å². The summed E-state index contributed by atoms with van der Waals surface area (Å²) in [5, 5.41) is 2.92. The van der Waals surface area contributed by atoms with Gasteiger partial charge in [0.25, 0.3) is 5.91 Å². The van der Waals surface area contributed by atoms with Crippen LogP contribution in [0.4, 0.5) is 8.78 Å². The highest BCUT2D eigenvalue weighted by atomic mass is 35.5. The third-order valence-electron chi connectivity index (χ3n) is 4.32. The number of rotatable bonds is 5. The number of nitrogens with one attached hydrogen (secondary N) is 1. The van der Waals surface area contributed by atoms with Crippen molar-refractivity contribution in [2.45, 2.75) is 22.1 Å². The summed E-state index contributed by atoms with van der Waals surface area (Å²) in [4.78, 5) is 17.3. The molecule has 0 saturated heterocycles. The topological polar surface area (TPSA) is 84.8 Å². The number of sulfone groups is 1. The molecule has 0 radical (unpaired) electrons. The number of hydrogen-bond donors (Lipinski definition) is 1. The molecule has 1 heterocycles. The minimum absolute atomic E-state index is 0.0579. The molecular weight excluding hydrogens is 458 g/mol. The van der Waals surface area contributed by atoms with Gasteiger partial charge in [-0.25, -0.2) is 17.2 Å². The van der Waals surface area contributed by atoms with Crippen molar-refractivity contribution in [2.75, 3.05) is 12.8 Å². The fourth-order valence-electron chi connectivity index (χ4n) is 2.67. The zero-order valence-electron chi connectivity index (χ0n) is 15.9. The van der Waals surface area contributed by atoms with Gasteiger partial charge in [-0.05, 0) is 31.2 Å². The highest BCUT2D eigenvalue weighted by Crippen LogP contribution is 2.31. The second-order valence-corrected chi connectivity index (χ2v) is 10.6. The van der Waals surface area contributed by atoms with Crippen molar-refractivity contribution in [3.63, 3.8) is 0 Å². The first kappa shape index (κ1) is 22.5. The standard InChI is InChI=1S/C19H17ClF2N2O4S2/c1-19(17(25)24-18-23-10-16(20)29-18,28-12-5-8-14(21)15(22)9-12)11-3-6-13(7-4-11)30(2,26)27/h3-9,16H,10H2,1-2H3,(H,23,24,25). The van der Waals surface area contributed by atoms with E-state index in [0.717, 1.165) is 30.2 Å². The van der Waals surface area contributed by atoms with Gasteiger partial charge >= 0.3 is 0 Å². The van der Waals surface area contributed by atoms with Crippen LogP contribution in [0.3, 0.4) is 0 Å². The number of carbonyl (C=O) groups is 1. The predicted molar refractivity (Wildman–Crippen MR) is 112 cm³/mol. The van der Waals surface area contributed by atoms with Crippen LogP contribution in [-0.2, 0) is 20.2 Å². The zero-order valence-corrected chi connectivity index (χ0v) is 18.2. The number of alkyl halides is 1. The molecule has 6 nitrogen and oxygen atoms in total. The molecule has 1 amide bonds. The minimum Gasteiger partial charge on any atom is -0.473 e. The fourth-order valence-corrected chi connectivity index (χ4v) is 4.31. The molecule has 2 aromatic rings. The van der Waals surface area contributed by atoms with Crippen molar-refractivity contribution in [2.24, 2.45) is 4.99 Å². The molecule has 0 saturated carbocycles. The number of amides is 1. The molecule has 2 atom stereocenters. The molecule has 2 aromatic carbocycles. The molecule has 0 spiro atoms. The van der Waals surface area contributed by atoms with Crippen LogP contribution in [0.15, 0.2) is 52.4 Å². The highest BCUT2D eigenvalue weighted by molar-refractivity contribution is 8.15. The van der Waals surface area contributed by atoms with Crippen molar-refractivity contribution in [1.82, 2.24) is 5.32 Å². The third kappa shape index (κ3) is 4.93. The van der Waals surface area contributed by atoms with E-state index in [1.807, 2.05) is 0 Å². The Morgan fingerprint density at radius 2 is 1.90 bits per heavy atom. The van der Waals surface area contributed by atoms with Crippen LogP contribution < -0.4 is 10.1 Å². The maximum Gasteiger partial charge on any atom is 0.274 e. The Morgan fingerprint density at radius 1 is 1.23 bits per heavy atom. The lowest BCUT2D eigenvalue weighted by Crippen LogP contribution is -2.47. The van der Waals surface area contributed by atoms with E-state index in [9.17, 15) is 22.0 Å². The van der Waals surface area contributed by atoms with Gasteiger partial charge in [0.05, 0.1) is 11.4 Å². The van der Waals surface area contributed by atoms with Gasteiger partial charge in [-0.2, -0.15) is 0 Å². The fraction of sp³-hybridized carbons (Fsp3) is 0.263. The monoisotopic (exact) mass is 474 g/mol. The molecular formula is C19H17ClF2N2O4S2. The summed E-state index contributed by atoms with van der Waals surface area (Å²) in [6, 6.07) is 8.40. The Balaban J connectivity index is 1.98. The van der Waals surface area contributed by atoms with Gasteiger partial charge in [0.2, 0.25) is 5.60 Å². The molecule has 3 rings (SSSR count). The Morgan fingerprint density at radius 3 is 2.43 bits per heavy atom. The number of halogens is 3. The number of thioether (sulfide) groups is 1. The summed E-state index contributed by atoms with van der Waals surface area (Å²) >= 11 is 7.14. The maximum absolute atomic E-state index is 13.7. The van der Waals surface area contributed by atoms with Crippen LogP contribution in [0.2, 0.25) is 0 Å². The number of ether oxygens (including phenoxy) is 1. The Bertz CT molecular complexity index is 1110. The average Bonchev–Trinajstić information content (AvgIpc) is 3.08. The van der Waals surface area contributed by atoms with E-state index in [2.05, 4.69) is 10.3 Å². The lowest BCUT2D eigenvalue weighted by atomic mass is 9.94. The lowest BCUT2D eigenvalue weighted by Gasteiger charge is -2.30. The van der Waals surface area contributed by atoms with Gasteiger partial charge in [0.1, 0.15) is 10.5 Å². The van der Waals surface area contributed by atoms with Gasteiger partial charge in [0, 0.05) is 17.9 Å². The van der Waals surface area contributed by atoms with Gasteiger partial charge < -0.3 is 10.1 Å². The molecule has 30 heavy (non-hydrogen) atoms. The quantitative estimate of drug-likeness (QED) is 0.671. The van der Waals surface area contributed by atoms with Gasteiger partial charge in [-0.3, -0.25) is 9.79 Å². The summed E-state index contributed by atoms with van der Waals surface area (Å²) in [6.45, 7) is 1.75. The molecule has 0 fully saturated rings. The first-order valence-electron chi connectivity index (χ1n) is 8.60. The van der Waals surface area contributed by atoms with Crippen molar-refractivity contribution >= 4 is 44.3 Å². The molecule has 0 aliphatic carbocycles. The Hall–Kier alpha value is -2.17. The van der Waals surface area contributed by atoms with Crippen molar-refractivity contribution in [3.8, 4) is 5.75 Å². The van der Waals surface area contributed by atoms with Crippen LogP contribution in [0, 0.1) is 11.6 Å². The van der Waals surface area contributed by atoms with E-state index in [1.165, 1.54) is 37.3 Å². The normalized spacial score (nSPS) is 18.4. The molecule has 0 aromatic heterocycles. The first-order valence-corrected chi connectivity index (χ1v) is 11.8. The molecule has 2 unspecified atom stereocenters. The van der Waals surface area contributed by atoms with E-state index in [0.29, 0.717) is 17.3 Å². The SMILES string of the molecule is CC(Oc1ccc(F)c(F)c1)(C(=O)NC1=NCC(Cl)S1)c1ccc(S(C)(=O)=O)cc1. The van der Waals surface area contributed by atoms with Crippen LogP contribution in [0.5, 0.6) is 5.75 Å². The molecule has 160 valence electrons. The predicted octanol–water partition coefficient (Wildman–Crippen LogP) is 3.45. The van der Waals surface area contributed by atoms with Crippen molar-refractivity contribution < 1.29 is 26.7 Å². The van der Waals surface area contributed by atoms with E-state index < -0.39 is 33.0 Å². The second kappa shape index (κ2) is 8.52. The summed E-state index contributed by atoms with van der Waals surface area (Å²) in [6.07, 6.45) is 1.06. The van der Waals surface area contributed by atoms with Crippen LogP contribution in [0.25, 0.3) is 0 Å². The summed E-state index contributed by atoms with van der Waals surface area (Å²) in [7, 11) is -3.45. The smallest absolute Gasteiger partial charge is 0.274 e. The van der Waals surface area contributed by atoms with E-state index in [1.54, 1.807) is 0 Å². The van der Waals surface area contributed by atoms with Gasteiger partial charge in [0.15, 0.2) is 26.6 Å². The van der Waals surface area contributed by atoms with Crippen molar-refractivity contribution in [1.29, 1.82) is 0 Å². The number of nitrogens with zero attached hydrogens (tertiary/aromatic N) is 1. The highest BCUT2D eigenvalue weighted by Gasteiger charge is 2.39.